The van der Waals surface area contributed by atoms with E-state index in [-0.39, 0.29) is 0 Å². The second-order valence-corrected chi connectivity index (χ2v) is 3.45. The number of H-pyrrole nitrogens is 1. The SMILES string of the molecule is C/C=C/CCNCc1c(C)n[nH]c1C. The molecule has 1 aromatic heterocycles. The monoisotopic (exact) mass is 193 g/mol. The van der Waals surface area contributed by atoms with Crippen molar-refractivity contribution in [2.45, 2.75) is 33.7 Å². The number of aromatic amines is 1. The highest BCUT2D eigenvalue weighted by Gasteiger charge is 2.04. The van der Waals surface area contributed by atoms with Crippen LogP contribution in [0.25, 0.3) is 0 Å². The topological polar surface area (TPSA) is 40.7 Å². The number of hydrogen-bond donors (Lipinski definition) is 2. The second-order valence-electron chi connectivity index (χ2n) is 3.45. The molecule has 0 saturated heterocycles. The smallest absolute Gasteiger partial charge is 0.0638 e. The summed E-state index contributed by atoms with van der Waals surface area (Å²) in [5, 5.41) is 10.5. The quantitative estimate of drug-likeness (QED) is 0.555. The summed E-state index contributed by atoms with van der Waals surface area (Å²) in [6, 6.07) is 0. The second kappa shape index (κ2) is 5.60. The van der Waals surface area contributed by atoms with Crippen LogP contribution in [0.5, 0.6) is 0 Å². The lowest BCUT2D eigenvalue weighted by atomic mass is 10.2. The molecular weight excluding hydrogens is 174 g/mol. The molecule has 3 heteroatoms. The van der Waals surface area contributed by atoms with Gasteiger partial charge in [0.1, 0.15) is 0 Å². The van der Waals surface area contributed by atoms with Crippen molar-refractivity contribution in [1.82, 2.24) is 15.5 Å². The molecule has 0 saturated carbocycles. The van der Waals surface area contributed by atoms with Crippen molar-refractivity contribution in [1.29, 1.82) is 0 Å². The fourth-order valence-electron chi connectivity index (χ4n) is 1.40. The summed E-state index contributed by atoms with van der Waals surface area (Å²) in [6.07, 6.45) is 5.34. The van der Waals surface area contributed by atoms with E-state index in [1.807, 2.05) is 13.8 Å². The summed E-state index contributed by atoms with van der Waals surface area (Å²) in [5.74, 6) is 0. The van der Waals surface area contributed by atoms with Gasteiger partial charge in [-0.05, 0) is 33.7 Å². The Morgan fingerprint density at radius 3 is 2.79 bits per heavy atom. The molecule has 0 aromatic carbocycles. The molecule has 3 nitrogen and oxygen atoms in total. The van der Waals surface area contributed by atoms with Crippen molar-refractivity contribution >= 4 is 0 Å². The van der Waals surface area contributed by atoms with Crippen molar-refractivity contribution in [3.05, 3.63) is 29.1 Å². The lowest BCUT2D eigenvalue weighted by Gasteiger charge is -2.02. The van der Waals surface area contributed by atoms with Crippen LogP contribution >= 0.6 is 0 Å². The van der Waals surface area contributed by atoms with Gasteiger partial charge in [0, 0.05) is 17.8 Å². The maximum absolute atomic E-state index is 4.15. The maximum atomic E-state index is 4.15. The van der Waals surface area contributed by atoms with Crippen molar-refractivity contribution < 1.29 is 0 Å². The fourth-order valence-corrected chi connectivity index (χ4v) is 1.40. The molecule has 0 fully saturated rings. The first kappa shape index (κ1) is 11.0. The summed E-state index contributed by atoms with van der Waals surface area (Å²) in [6.45, 7) is 8.07. The van der Waals surface area contributed by atoms with Crippen LogP contribution in [0.4, 0.5) is 0 Å². The van der Waals surface area contributed by atoms with E-state index in [1.54, 1.807) is 0 Å². The minimum Gasteiger partial charge on any atom is -0.312 e. The molecule has 0 bridgehead atoms. The Kier molecular flexibility index (Phi) is 4.40. The predicted molar refractivity (Wildman–Crippen MR) is 59.2 cm³/mol. The van der Waals surface area contributed by atoms with E-state index in [9.17, 15) is 0 Å². The third-order valence-electron chi connectivity index (χ3n) is 2.31. The van der Waals surface area contributed by atoms with Crippen LogP contribution in [0, 0.1) is 13.8 Å². The third-order valence-corrected chi connectivity index (χ3v) is 2.31. The Hall–Kier alpha value is -1.09. The first-order chi connectivity index (χ1) is 6.75. The molecule has 14 heavy (non-hydrogen) atoms. The molecule has 0 aliphatic rings. The van der Waals surface area contributed by atoms with Crippen molar-refractivity contribution in [3.8, 4) is 0 Å². The van der Waals surface area contributed by atoms with Crippen LogP contribution in [-0.4, -0.2) is 16.7 Å². The first-order valence-electron chi connectivity index (χ1n) is 5.08. The number of rotatable bonds is 5. The molecule has 0 aliphatic heterocycles. The first-order valence-corrected chi connectivity index (χ1v) is 5.08. The van der Waals surface area contributed by atoms with Crippen LogP contribution in [0.3, 0.4) is 0 Å². The van der Waals surface area contributed by atoms with Gasteiger partial charge in [-0.3, -0.25) is 5.10 Å². The fraction of sp³-hybridized carbons (Fsp3) is 0.545. The lowest BCUT2D eigenvalue weighted by molar-refractivity contribution is 0.690. The van der Waals surface area contributed by atoms with E-state index in [1.165, 1.54) is 11.3 Å². The molecule has 0 aliphatic carbocycles. The molecule has 1 heterocycles. The highest BCUT2D eigenvalue weighted by Crippen LogP contribution is 2.07. The van der Waals surface area contributed by atoms with Crippen molar-refractivity contribution in [2.24, 2.45) is 0 Å². The largest absolute Gasteiger partial charge is 0.312 e. The molecule has 0 amide bonds. The number of aryl methyl sites for hydroxylation is 2. The summed E-state index contributed by atoms with van der Waals surface area (Å²) in [5.41, 5.74) is 3.56. The van der Waals surface area contributed by atoms with Crippen LogP contribution in [0.15, 0.2) is 12.2 Å². The molecule has 1 aromatic rings. The molecule has 2 N–H and O–H groups in total. The van der Waals surface area contributed by atoms with E-state index < -0.39 is 0 Å². The zero-order valence-corrected chi connectivity index (χ0v) is 9.22. The number of nitrogens with one attached hydrogen (secondary N) is 2. The molecule has 0 spiro atoms. The van der Waals surface area contributed by atoms with Gasteiger partial charge in [-0.15, -0.1) is 0 Å². The van der Waals surface area contributed by atoms with Gasteiger partial charge < -0.3 is 5.32 Å². The maximum Gasteiger partial charge on any atom is 0.0638 e. The predicted octanol–water partition coefficient (Wildman–Crippen LogP) is 2.08. The highest BCUT2D eigenvalue weighted by molar-refractivity contribution is 5.22. The molecule has 78 valence electrons. The number of nitrogens with zero attached hydrogens (tertiary/aromatic N) is 1. The molecular formula is C11H19N3. The van der Waals surface area contributed by atoms with Gasteiger partial charge in [0.2, 0.25) is 0 Å². The zero-order valence-electron chi connectivity index (χ0n) is 9.22. The average molecular weight is 193 g/mol. The Labute approximate surface area is 85.6 Å². The van der Waals surface area contributed by atoms with E-state index in [2.05, 4.69) is 34.6 Å². The van der Waals surface area contributed by atoms with Gasteiger partial charge in [-0.1, -0.05) is 12.2 Å². The van der Waals surface area contributed by atoms with Crippen LogP contribution in [0.2, 0.25) is 0 Å². The van der Waals surface area contributed by atoms with E-state index in [0.29, 0.717) is 0 Å². The summed E-state index contributed by atoms with van der Waals surface area (Å²) >= 11 is 0. The number of hydrogen-bond acceptors (Lipinski definition) is 2. The van der Waals surface area contributed by atoms with Crippen molar-refractivity contribution in [3.63, 3.8) is 0 Å². The minimum absolute atomic E-state index is 0.908. The summed E-state index contributed by atoms with van der Waals surface area (Å²) < 4.78 is 0. The van der Waals surface area contributed by atoms with Crippen LogP contribution < -0.4 is 5.32 Å². The Bertz CT molecular complexity index is 280. The Balaban J connectivity index is 2.31. The Morgan fingerprint density at radius 2 is 2.21 bits per heavy atom. The van der Waals surface area contributed by atoms with E-state index >= 15 is 0 Å². The number of allylic oxidation sites excluding steroid dienone is 1. The average Bonchev–Trinajstić information content (AvgIpc) is 2.48. The third kappa shape index (κ3) is 3.00. The minimum atomic E-state index is 0.908. The van der Waals surface area contributed by atoms with Crippen LogP contribution in [-0.2, 0) is 6.54 Å². The van der Waals surface area contributed by atoms with Crippen LogP contribution in [0.1, 0.15) is 30.3 Å². The van der Waals surface area contributed by atoms with Gasteiger partial charge >= 0.3 is 0 Å². The number of aromatic nitrogens is 2. The zero-order chi connectivity index (χ0) is 10.4. The molecule has 0 atom stereocenters. The molecule has 1 rings (SSSR count). The van der Waals surface area contributed by atoms with Gasteiger partial charge in [-0.2, -0.15) is 5.10 Å². The lowest BCUT2D eigenvalue weighted by Crippen LogP contribution is -2.14. The molecule has 0 unspecified atom stereocenters. The van der Waals surface area contributed by atoms with E-state index in [0.717, 1.165) is 25.2 Å². The summed E-state index contributed by atoms with van der Waals surface area (Å²) in [4.78, 5) is 0. The van der Waals surface area contributed by atoms with Gasteiger partial charge in [0.05, 0.1) is 5.69 Å². The highest BCUT2D eigenvalue weighted by atomic mass is 15.1. The van der Waals surface area contributed by atoms with Gasteiger partial charge in [-0.25, -0.2) is 0 Å². The normalized spacial score (nSPS) is 11.4. The van der Waals surface area contributed by atoms with E-state index in [4.69, 9.17) is 0 Å². The standard InChI is InChI=1S/C11H19N3/c1-4-5-6-7-12-8-11-9(2)13-14-10(11)3/h4-5,12H,6-8H2,1-3H3,(H,13,14)/b5-4+. The molecule has 0 radical (unpaired) electrons. The van der Waals surface area contributed by atoms with Gasteiger partial charge in [0.15, 0.2) is 0 Å². The van der Waals surface area contributed by atoms with Gasteiger partial charge in [0.25, 0.3) is 0 Å². The summed E-state index contributed by atoms with van der Waals surface area (Å²) in [7, 11) is 0. The van der Waals surface area contributed by atoms with Crippen molar-refractivity contribution in [2.75, 3.05) is 6.54 Å². The Morgan fingerprint density at radius 1 is 1.43 bits per heavy atom.